The molecule has 1 amide bonds. The Morgan fingerprint density at radius 1 is 1.09 bits per heavy atom. The van der Waals surface area contributed by atoms with E-state index < -0.39 is 0 Å². The zero-order valence-corrected chi connectivity index (χ0v) is 15.6. The molecular formula is C17H23NO2S2. The van der Waals surface area contributed by atoms with Crippen molar-refractivity contribution in [3.05, 3.63) is 39.1 Å². The van der Waals surface area contributed by atoms with E-state index >= 15 is 0 Å². The number of nitrogens with one attached hydrogen (secondary N) is 1. The predicted octanol–water partition coefficient (Wildman–Crippen LogP) is 4.40. The molecular weight excluding hydrogens is 314 g/mol. The fraction of sp³-hybridized carbons (Fsp3) is 0.412. The lowest BCUT2D eigenvalue weighted by Gasteiger charge is -2.15. The smallest absolute Gasteiger partial charge is 0.260 e. The minimum absolute atomic E-state index is 0.124. The standard InChI is InChI=1S/C17H23NO2S2/c1-10(2)15(19)14(17(21-5)22-6)16(20)18-13-9-7-8-11(3)12(13)4/h7-10H,1-6H3,(H,18,20). The van der Waals surface area contributed by atoms with Crippen molar-refractivity contribution in [1.29, 1.82) is 0 Å². The van der Waals surface area contributed by atoms with E-state index in [-0.39, 0.29) is 23.2 Å². The second-order valence-corrected chi connectivity index (χ2v) is 7.18. The molecule has 0 aliphatic heterocycles. The topological polar surface area (TPSA) is 46.2 Å². The van der Waals surface area contributed by atoms with E-state index in [2.05, 4.69) is 5.32 Å². The second kappa shape index (κ2) is 8.44. The Labute approximate surface area is 141 Å². The van der Waals surface area contributed by atoms with Crippen molar-refractivity contribution in [3.63, 3.8) is 0 Å². The van der Waals surface area contributed by atoms with Crippen LogP contribution in [0.4, 0.5) is 5.69 Å². The Hall–Kier alpha value is -1.20. The van der Waals surface area contributed by atoms with E-state index in [1.54, 1.807) is 0 Å². The predicted molar refractivity (Wildman–Crippen MR) is 98.4 cm³/mol. The van der Waals surface area contributed by atoms with Crippen LogP contribution in [0.1, 0.15) is 25.0 Å². The molecule has 1 N–H and O–H groups in total. The number of hydrogen-bond donors (Lipinski definition) is 1. The average molecular weight is 338 g/mol. The van der Waals surface area contributed by atoms with Gasteiger partial charge in [0, 0.05) is 11.6 Å². The lowest BCUT2D eigenvalue weighted by molar-refractivity contribution is -0.122. The molecule has 1 aromatic rings. The third kappa shape index (κ3) is 4.40. The van der Waals surface area contributed by atoms with Gasteiger partial charge in [0.25, 0.3) is 5.91 Å². The number of ketones is 1. The van der Waals surface area contributed by atoms with E-state index in [0.29, 0.717) is 0 Å². The monoisotopic (exact) mass is 337 g/mol. The first kappa shape index (κ1) is 18.8. The van der Waals surface area contributed by atoms with Crippen LogP contribution in [-0.2, 0) is 9.59 Å². The van der Waals surface area contributed by atoms with Gasteiger partial charge in [0.1, 0.15) is 5.57 Å². The van der Waals surface area contributed by atoms with Crippen LogP contribution < -0.4 is 5.32 Å². The van der Waals surface area contributed by atoms with Gasteiger partial charge >= 0.3 is 0 Å². The maximum atomic E-state index is 12.7. The van der Waals surface area contributed by atoms with Gasteiger partial charge in [0.15, 0.2) is 5.78 Å². The number of rotatable bonds is 6. The summed E-state index contributed by atoms with van der Waals surface area (Å²) >= 11 is 2.86. The van der Waals surface area contributed by atoms with E-state index in [1.807, 2.05) is 58.4 Å². The minimum Gasteiger partial charge on any atom is -0.322 e. The van der Waals surface area contributed by atoms with Crippen LogP contribution in [-0.4, -0.2) is 24.2 Å². The van der Waals surface area contributed by atoms with Crippen molar-refractivity contribution < 1.29 is 9.59 Å². The molecule has 0 aromatic heterocycles. The summed E-state index contributed by atoms with van der Waals surface area (Å²) in [4.78, 5) is 25.1. The number of benzene rings is 1. The highest BCUT2D eigenvalue weighted by molar-refractivity contribution is 8.21. The first-order valence-corrected chi connectivity index (χ1v) is 9.52. The van der Waals surface area contributed by atoms with Gasteiger partial charge in [-0.1, -0.05) is 26.0 Å². The number of anilines is 1. The van der Waals surface area contributed by atoms with Crippen LogP contribution in [0, 0.1) is 19.8 Å². The number of Topliss-reactive ketones (excluding diaryl/α,β-unsaturated/α-hetero) is 1. The largest absolute Gasteiger partial charge is 0.322 e. The Morgan fingerprint density at radius 2 is 1.68 bits per heavy atom. The van der Waals surface area contributed by atoms with Gasteiger partial charge in [-0.05, 0) is 43.6 Å². The molecule has 0 atom stereocenters. The first-order valence-electron chi connectivity index (χ1n) is 7.07. The van der Waals surface area contributed by atoms with Gasteiger partial charge < -0.3 is 5.32 Å². The van der Waals surface area contributed by atoms with Crippen LogP contribution in [0.25, 0.3) is 0 Å². The van der Waals surface area contributed by atoms with Gasteiger partial charge in [-0.15, -0.1) is 23.5 Å². The molecule has 3 nitrogen and oxygen atoms in total. The maximum absolute atomic E-state index is 12.7. The van der Waals surface area contributed by atoms with Crippen LogP contribution in [0.5, 0.6) is 0 Å². The van der Waals surface area contributed by atoms with Gasteiger partial charge in [-0.3, -0.25) is 9.59 Å². The number of thioether (sulfide) groups is 2. The Balaban J connectivity index is 3.21. The molecule has 0 aliphatic rings. The van der Waals surface area contributed by atoms with Crippen LogP contribution in [0.15, 0.2) is 28.0 Å². The molecule has 1 rings (SSSR count). The fourth-order valence-electron chi connectivity index (χ4n) is 1.95. The molecule has 22 heavy (non-hydrogen) atoms. The first-order chi connectivity index (χ1) is 10.3. The summed E-state index contributed by atoms with van der Waals surface area (Å²) in [5.41, 5.74) is 3.13. The zero-order valence-electron chi connectivity index (χ0n) is 13.9. The van der Waals surface area contributed by atoms with Crippen LogP contribution in [0.2, 0.25) is 0 Å². The number of amides is 1. The minimum atomic E-state index is -0.328. The van der Waals surface area contributed by atoms with Crippen molar-refractivity contribution in [1.82, 2.24) is 0 Å². The highest BCUT2D eigenvalue weighted by Crippen LogP contribution is 2.30. The summed E-state index contributed by atoms with van der Waals surface area (Å²) in [6, 6.07) is 5.75. The Bertz CT molecular complexity index is 601. The molecule has 5 heteroatoms. The highest BCUT2D eigenvalue weighted by Gasteiger charge is 2.25. The summed E-state index contributed by atoms with van der Waals surface area (Å²) in [5, 5.41) is 2.89. The van der Waals surface area contributed by atoms with Crippen molar-refractivity contribution >= 4 is 40.9 Å². The van der Waals surface area contributed by atoms with E-state index in [0.717, 1.165) is 21.1 Å². The molecule has 1 aromatic carbocycles. The Kier molecular flexibility index (Phi) is 7.23. The molecule has 0 spiro atoms. The van der Waals surface area contributed by atoms with E-state index in [9.17, 15) is 9.59 Å². The van der Waals surface area contributed by atoms with Crippen LogP contribution >= 0.6 is 23.5 Å². The number of carbonyl (C=O) groups excluding carboxylic acids is 2. The quantitative estimate of drug-likeness (QED) is 0.475. The van der Waals surface area contributed by atoms with Crippen molar-refractivity contribution in [2.45, 2.75) is 27.7 Å². The fourth-order valence-corrected chi connectivity index (χ4v) is 3.41. The molecule has 0 saturated heterocycles. The molecule has 0 aliphatic carbocycles. The molecule has 0 radical (unpaired) electrons. The highest BCUT2D eigenvalue weighted by atomic mass is 32.2. The second-order valence-electron chi connectivity index (χ2n) is 5.29. The zero-order chi connectivity index (χ0) is 16.9. The van der Waals surface area contributed by atoms with E-state index in [1.165, 1.54) is 23.5 Å². The van der Waals surface area contributed by atoms with Gasteiger partial charge in [-0.2, -0.15) is 0 Å². The van der Waals surface area contributed by atoms with Crippen molar-refractivity contribution in [3.8, 4) is 0 Å². The van der Waals surface area contributed by atoms with E-state index in [4.69, 9.17) is 0 Å². The Morgan fingerprint density at radius 3 is 2.18 bits per heavy atom. The molecule has 0 saturated carbocycles. The summed E-state index contributed by atoms with van der Waals surface area (Å²) in [6.45, 7) is 7.58. The summed E-state index contributed by atoms with van der Waals surface area (Å²) in [5.74, 6) is -0.665. The number of aryl methyl sites for hydroxylation is 1. The third-order valence-electron chi connectivity index (χ3n) is 3.43. The molecule has 0 bridgehead atoms. The van der Waals surface area contributed by atoms with Crippen molar-refractivity contribution in [2.75, 3.05) is 17.8 Å². The summed E-state index contributed by atoms with van der Waals surface area (Å²) < 4.78 is 0.751. The van der Waals surface area contributed by atoms with Gasteiger partial charge in [0.2, 0.25) is 0 Å². The molecule has 0 unspecified atom stereocenters. The molecule has 0 heterocycles. The maximum Gasteiger partial charge on any atom is 0.260 e. The summed E-state index contributed by atoms with van der Waals surface area (Å²) in [7, 11) is 0. The number of hydrogen-bond acceptors (Lipinski definition) is 4. The average Bonchev–Trinajstić information content (AvgIpc) is 2.48. The third-order valence-corrected chi connectivity index (χ3v) is 5.58. The van der Waals surface area contributed by atoms with Gasteiger partial charge in [0.05, 0.1) is 4.24 Å². The lowest BCUT2D eigenvalue weighted by atomic mass is 10.0. The number of carbonyl (C=O) groups is 2. The normalized spacial score (nSPS) is 10.5. The lowest BCUT2D eigenvalue weighted by Crippen LogP contribution is -2.25. The van der Waals surface area contributed by atoms with Gasteiger partial charge in [-0.25, -0.2) is 0 Å². The molecule has 0 fully saturated rings. The molecule has 120 valence electrons. The summed E-state index contributed by atoms with van der Waals surface area (Å²) in [6.07, 6.45) is 3.76. The SMILES string of the molecule is CSC(SC)=C(C(=O)Nc1cccc(C)c1C)C(=O)C(C)C. The van der Waals surface area contributed by atoms with Crippen molar-refractivity contribution in [2.24, 2.45) is 5.92 Å². The van der Waals surface area contributed by atoms with Crippen LogP contribution in [0.3, 0.4) is 0 Å².